The number of rotatable bonds is 2. The van der Waals surface area contributed by atoms with Gasteiger partial charge < -0.3 is 14.9 Å². The molecule has 1 aromatic rings. The maximum Gasteiger partial charge on any atom is 0.330 e. The molecule has 0 radical (unpaired) electrons. The van der Waals surface area contributed by atoms with E-state index in [1.165, 1.54) is 6.20 Å². The van der Waals surface area contributed by atoms with Crippen molar-refractivity contribution in [2.45, 2.75) is 23.8 Å². The molecule has 0 saturated carbocycles. The molecule has 2 heterocycles. The van der Waals surface area contributed by atoms with Crippen LogP contribution in [0.2, 0.25) is 0 Å². The summed E-state index contributed by atoms with van der Waals surface area (Å²) in [6.45, 7) is -0.404. The maximum atomic E-state index is 11.5. The molecule has 8 heteroatoms. The van der Waals surface area contributed by atoms with Gasteiger partial charge in [-0.1, -0.05) is 0 Å². The van der Waals surface area contributed by atoms with Crippen molar-refractivity contribution in [3.05, 3.63) is 33.1 Å². The van der Waals surface area contributed by atoms with Gasteiger partial charge in [0.15, 0.2) is 6.23 Å². The van der Waals surface area contributed by atoms with Gasteiger partial charge in [0.25, 0.3) is 5.56 Å². The molecule has 4 atom stereocenters. The topological polar surface area (TPSA) is 105 Å². The van der Waals surface area contributed by atoms with E-state index in [9.17, 15) is 14.7 Å². The average molecular weight is 263 g/mol. The van der Waals surface area contributed by atoms with Crippen molar-refractivity contribution in [1.29, 1.82) is 0 Å². The molecule has 1 aliphatic rings. The van der Waals surface area contributed by atoms with Crippen LogP contribution >= 0.6 is 11.6 Å². The van der Waals surface area contributed by atoms with E-state index in [1.54, 1.807) is 0 Å². The fourth-order valence-corrected chi connectivity index (χ4v) is 2.05. The van der Waals surface area contributed by atoms with Gasteiger partial charge in [0.2, 0.25) is 0 Å². The minimum Gasteiger partial charge on any atom is -0.394 e. The van der Waals surface area contributed by atoms with Crippen LogP contribution in [-0.2, 0) is 4.74 Å². The maximum absolute atomic E-state index is 11.5. The van der Waals surface area contributed by atoms with Crippen molar-refractivity contribution < 1.29 is 14.9 Å². The van der Waals surface area contributed by atoms with E-state index in [4.69, 9.17) is 21.4 Å². The highest BCUT2D eigenvalue weighted by molar-refractivity contribution is 6.21. The van der Waals surface area contributed by atoms with E-state index in [0.29, 0.717) is 0 Å². The minimum atomic E-state index is -1.08. The number of halogens is 1. The summed E-state index contributed by atoms with van der Waals surface area (Å²) in [7, 11) is 0. The van der Waals surface area contributed by atoms with Gasteiger partial charge in [-0.05, 0) is 0 Å². The molecule has 1 fully saturated rings. The fraction of sp³-hybridized carbons (Fsp3) is 0.556. The monoisotopic (exact) mass is 262 g/mol. The van der Waals surface area contributed by atoms with Crippen LogP contribution in [0.3, 0.4) is 0 Å². The zero-order valence-electron chi connectivity index (χ0n) is 8.62. The molecule has 3 N–H and O–H groups in total. The van der Waals surface area contributed by atoms with Crippen LogP contribution in [0.1, 0.15) is 6.23 Å². The fourth-order valence-electron chi connectivity index (χ4n) is 1.71. The van der Waals surface area contributed by atoms with Crippen molar-refractivity contribution >= 4 is 11.6 Å². The number of aliphatic hydroxyl groups is 2. The van der Waals surface area contributed by atoms with Crippen LogP contribution < -0.4 is 11.2 Å². The highest BCUT2D eigenvalue weighted by Gasteiger charge is 2.43. The molecule has 1 unspecified atom stereocenters. The third-order valence-corrected chi connectivity index (χ3v) is 3.07. The predicted octanol–water partition coefficient (Wildman–Crippen LogP) is -1.61. The second kappa shape index (κ2) is 4.61. The molecule has 1 aliphatic heterocycles. The Morgan fingerprint density at radius 2 is 2.24 bits per heavy atom. The summed E-state index contributed by atoms with van der Waals surface area (Å²) in [6.07, 6.45) is -1.62. The van der Waals surface area contributed by atoms with Gasteiger partial charge >= 0.3 is 5.69 Å². The molecule has 0 bridgehead atoms. The summed E-state index contributed by atoms with van der Waals surface area (Å²) in [6, 6.07) is 1.15. The van der Waals surface area contributed by atoms with E-state index in [0.717, 1.165) is 10.6 Å². The van der Waals surface area contributed by atoms with Crippen LogP contribution in [0.25, 0.3) is 0 Å². The summed E-state index contributed by atoms with van der Waals surface area (Å²) in [5, 5.41) is 17.7. The minimum absolute atomic E-state index is 0.404. The lowest BCUT2D eigenvalue weighted by atomic mass is 10.2. The number of aromatic nitrogens is 2. The second-order valence-electron chi connectivity index (χ2n) is 3.70. The van der Waals surface area contributed by atoms with Crippen molar-refractivity contribution in [3.8, 4) is 0 Å². The van der Waals surface area contributed by atoms with Gasteiger partial charge in [-0.2, -0.15) is 0 Å². The smallest absolute Gasteiger partial charge is 0.330 e. The van der Waals surface area contributed by atoms with Gasteiger partial charge in [0.1, 0.15) is 17.6 Å². The zero-order valence-corrected chi connectivity index (χ0v) is 9.37. The Kier molecular flexibility index (Phi) is 3.34. The summed E-state index contributed by atoms with van der Waals surface area (Å²) >= 11 is 5.91. The Morgan fingerprint density at radius 3 is 2.76 bits per heavy atom. The summed E-state index contributed by atoms with van der Waals surface area (Å²) in [5.41, 5.74) is -1.21. The third-order valence-electron chi connectivity index (χ3n) is 2.60. The Balaban J connectivity index is 2.35. The quantitative estimate of drug-likeness (QED) is 0.557. The van der Waals surface area contributed by atoms with E-state index in [1.807, 2.05) is 0 Å². The molecule has 0 aliphatic carbocycles. The highest BCUT2D eigenvalue weighted by atomic mass is 35.5. The number of nitrogens with one attached hydrogen (secondary N) is 1. The van der Waals surface area contributed by atoms with Crippen molar-refractivity contribution in [2.75, 3.05) is 6.61 Å². The number of nitrogens with zero attached hydrogens (tertiary/aromatic N) is 1. The van der Waals surface area contributed by atoms with Crippen LogP contribution in [-0.4, -0.2) is 44.0 Å². The number of aliphatic hydroxyl groups excluding tert-OH is 2. The highest BCUT2D eigenvalue weighted by Crippen LogP contribution is 2.31. The largest absolute Gasteiger partial charge is 0.394 e. The lowest BCUT2D eigenvalue weighted by Crippen LogP contribution is -2.35. The van der Waals surface area contributed by atoms with Gasteiger partial charge in [-0.3, -0.25) is 14.3 Å². The van der Waals surface area contributed by atoms with Crippen LogP contribution in [0.4, 0.5) is 0 Å². The SMILES string of the molecule is O=c1ccn(C2O[C@H](CO)[C@@H](O)[C@H]2Cl)c(=O)[nH]1. The summed E-state index contributed by atoms with van der Waals surface area (Å²) < 4.78 is 6.32. The summed E-state index contributed by atoms with van der Waals surface area (Å²) in [4.78, 5) is 24.4. The molecule has 17 heavy (non-hydrogen) atoms. The molecule has 1 aromatic heterocycles. The molecule has 2 rings (SSSR count). The predicted molar refractivity (Wildman–Crippen MR) is 58.0 cm³/mol. The first-order chi connectivity index (χ1) is 8.04. The van der Waals surface area contributed by atoms with E-state index >= 15 is 0 Å². The normalized spacial score (nSPS) is 32.9. The lowest BCUT2D eigenvalue weighted by Gasteiger charge is -2.15. The molecular formula is C9H11ClN2O5. The van der Waals surface area contributed by atoms with E-state index < -0.39 is 41.7 Å². The Labute approximate surface area is 100 Å². The third kappa shape index (κ3) is 2.14. The van der Waals surface area contributed by atoms with Crippen LogP contribution in [0, 0.1) is 0 Å². The Hall–Kier alpha value is -1.15. The molecule has 0 amide bonds. The van der Waals surface area contributed by atoms with Crippen LogP contribution in [0.5, 0.6) is 0 Å². The van der Waals surface area contributed by atoms with Crippen molar-refractivity contribution in [3.63, 3.8) is 0 Å². The first-order valence-electron chi connectivity index (χ1n) is 4.94. The number of H-pyrrole nitrogens is 1. The molecular weight excluding hydrogens is 252 g/mol. The molecule has 94 valence electrons. The van der Waals surface area contributed by atoms with E-state index in [-0.39, 0.29) is 0 Å². The van der Waals surface area contributed by atoms with Gasteiger partial charge in [0, 0.05) is 12.3 Å². The molecule has 0 aromatic carbocycles. The van der Waals surface area contributed by atoms with Crippen LogP contribution in [0.15, 0.2) is 21.9 Å². The number of alkyl halides is 1. The number of aromatic amines is 1. The van der Waals surface area contributed by atoms with Gasteiger partial charge in [-0.25, -0.2) is 4.79 Å². The molecule has 7 nitrogen and oxygen atoms in total. The average Bonchev–Trinajstić information content (AvgIpc) is 2.57. The molecule has 1 saturated heterocycles. The first-order valence-corrected chi connectivity index (χ1v) is 5.38. The summed E-state index contributed by atoms with van der Waals surface area (Å²) in [5.74, 6) is 0. The first kappa shape index (κ1) is 12.3. The number of hydrogen-bond acceptors (Lipinski definition) is 5. The van der Waals surface area contributed by atoms with Crippen molar-refractivity contribution in [2.24, 2.45) is 0 Å². The standard InChI is InChI=1S/C9H11ClN2O5/c10-6-7(15)4(3-13)17-8(6)12-2-1-5(14)11-9(12)16/h1-2,4,6-8,13,15H,3H2,(H,11,14,16)/t4-,6-,7-,8?/m1/s1. The number of hydrogen-bond donors (Lipinski definition) is 3. The lowest BCUT2D eigenvalue weighted by molar-refractivity contribution is -0.0457. The van der Waals surface area contributed by atoms with Gasteiger partial charge in [0.05, 0.1) is 6.61 Å². The van der Waals surface area contributed by atoms with Crippen molar-refractivity contribution in [1.82, 2.24) is 9.55 Å². The van der Waals surface area contributed by atoms with Gasteiger partial charge in [-0.15, -0.1) is 11.6 Å². The second-order valence-corrected chi connectivity index (χ2v) is 4.20. The number of ether oxygens (including phenoxy) is 1. The van der Waals surface area contributed by atoms with E-state index in [2.05, 4.69) is 4.98 Å². The Bertz CT molecular complexity index is 513. The molecule has 0 spiro atoms. The zero-order chi connectivity index (χ0) is 12.6. The Morgan fingerprint density at radius 1 is 1.53 bits per heavy atom.